The van der Waals surface area contributed by atoms with Crippen molar-refractivity contribution in [3.05, 3.63) is 165 Å². The number of aryl methyl sites for hydroxylation is 6. The van der Waals surface area contributed by atoms with Gasteiger partial charge in [-0.15, -0.1) is 0 Å². The largest absolute Gasteiger partial charge is 0.468 e. The predicted molar refractivity (Wildman–Crippen MR) is 364 cm³/mol. The van der Waals surface area contributed by atoms with Crippen LogP contribution in [0, 0.1) is 38.5 Å². The Bertz CT molecular complexity index is 3070. The van der Waals surface area contributed by atoms with E-state index in [0.29, 0.717) is 5.95 Å². The molecule has 5 nitrogen and oxygen atoms in total. The minimum Gasteiger partial charge on any atom is -0.468 e. The second-order valence-electron chi connectivity index (χ2n) is 29.5. The topological polar surface area (TPSA) is 54.0 Å². The van der Waals surface area contributed by atoms with E-state index in [2.05, 4.69) is 244 Å². The van der Waals surface area contributed by atoms with Gasteiger partial charge in [0.1, 0.15) is 17.3 Å². The maximum Gasteiger partial charge on any atom is 0.284 e. The van der Waals surface area contributed by atoms with Crippen molar-refractivity contribution in [2.24, 2.45) is 10.8 Å². The summed E-state index contributed by atoms with van der Waals surface area (Å²) in [5, 5.41) is 0.417. The first-order valence-corrected chi connectivity index (χ1v) is 37.4. The van der Waals surface area contributed by atoms with Crippen LogP contribution in [-0.4, -0.2) is 36.0 Å². The van der Waals surface area contributed by atoms with Crippen molar-refractivity contribution in [2.45, 2.75) is 256 Å². The fourth-order valence-corrected chi connectivity index (χ4v) is 14.9. The van der Waals surface area contributed by atoms with Crippen LogP contribution in [0.3, 0.4) is 0 Å². The number of rotatable bonds is 22. The van der Waals surface area contributed by atoms with Crippen LogP contribution >= 0.6 is 0 Å². The van der Waals surface area contributed by atoms with Crippen molar-refractivity contribution in [1.82, 2.24) is 0 Å². The van der Waals surface area contributed by atoms with Gasteiger partial charge < -0.3 is 22.4 Å². The van der Waals surface area contributed by atoms with Crippen LogP contribution in [0.2, 0.25) is 36.3 Å². The smallest absolute Gasteiger partial charge is 0.284 e. The summed E-state index contributed by atoms with van der Waals surface area (Å²) < 4.78 is 31.2. The number of methoxy groups -OCH3 is 1. The van der Waals surface area contributed by atoms with E-state index < -0.39 is 16.6 Å². The van der Waals surface area contributed by atoms with Gasteiger partial charge in [0.15, 0.2) is 16.6 Å². The van der Waals surface area contributed by atoms with Gasteiger partial charge in [0.05, 0.1) is 19.3 Å². The number of hydrogen-bond acceptors (Lipinski definition) is 5. The molecule has 456 valence electrons. The minimum absolute atomic E-state index is 0.0226. The van der Waals surface area contributed by atoms with Gasteiger partial charge in [-0.2, -0.15) is 0 Å². The lowest BCUT2D eigenvalue weighted by molar-refractivity contribution is 0.0657. The molecule has 2 heterocycles. The molecule has 0 radical (unpaired) electrons. The standard InChI is InChI=1S/C39H58O2Si.C37H56O3Si/c1-14-17-33-22-24-35(40-33)34-23-21-32(27-29(34)5)39(15-2,16-3)31-20-18-30(28(4)26-31)19-25-36(37(6,7)8)41-42(12,13)38(9,10)11;1-14-37(15-2,30-19-20-31(27(4)25-30)32-21-23-34(38-11)39-32)29-18-16-28(26(3)24-29)17-22-33(35(5,6)7)40-41(12,13)36(8,9)10/h14,17-18,20-24,26-27,36H,15-16,19,25H2,1-13H3;16,18-21,23-25,33H,14-15,17,22H2,1-13H3/b17-14+;. The number of hydrogen-bond donors (Lipinski definition) is 0. The first-order chi connectivity index (χ1) is 38.5. The molecule has 6 rings (SSSR count). The van der Waals surface area contributed by atoms with Gasteiger partial charge in [0, 0.05) is 28.0 Å². The van der Waals surface area contributed by atoms with Crippen LogP contribution in [-0.2, 0) is 32.5 Å². The zero-order valence-corrected chi connectivity index (χ0v) is 59.2. The summed E-state index contributed by atoms with van der Waals surface area (Å²) in [7, 11) is -2.07. The second kappa shape index (κ2) is 27.4. The van der Waals surface area contributed by atoms with Crippen molar-refractivity contribution in [3.63, 3.8) is 0 Å². The fourth-order valence-electron chi connectivity index (χ4n) is 11.8. The molecule has 6 aromatic rings. The zero-order valence-electron chi connectivity index (χ0n) is 57.2. The van der Waals surface area contributed by atoms with E-state index in [9.17, 15) is 0 Å². The maximum atomic E-state index is 6.99. The Morgan fingerprint density at radius 1 is 0.458 bits per heavy atom. The van der Waals surface area contributed by atoms with Crippen molar-refractivity contribution in [2.75, 3.05) is 7.11 Å². The van der Waals surface area contributed by atoms with E-state index in [1.807, 2.05) is 37.3 Å². The molecule has 0 aliphatic rings. The van der Waals surface area contributed by atoms with Gasteiger partial charge in [-0.25, -0.2) is 0 Å². The molecule has 0 amide bonds. The van der Waals surface area contributed by atoms with E-state index >= 15 is 0 Å². The van der Waals surface area contributed by atoms with Crippen LogP contribution in [0.1, 0.15) is 218 Å². The van der Waals surface area contributed by atoms with Crippen LogP contribution < -0.4 is 4.74 Å². The third-order valence-electron chi connectivity index (χ3n) is 19.8. The molecule has 0 fully saturated rings. The molecule has 0 N–H and O–H groups in total. The Hall–Kier alpha value is -4.67. The second-order valence-corrected chi connectivity index (χ2v) is 39.0. The zero-order chi connectivity index (χ0) is 62.3. The van der Waals surface area contributed by atoms with E-state index in [0.717, 1.165) is 79.8 Å². The SMILES string of the molecule is C/C=C/c1ccc(-c2ccc(C(CC)(CC)c3ccc(CCC(O[Si](C)(C)C(C)(C)C)C(C)(C)C)c(C)c3)cc2C)o1.CCC(CC)(c1ccc(CCC(O[Si](C)(C)C(C)(C)C)C(C)(C)C)c(C)c1)c1ccc(-c2ccc(OC)o2)c(C)c1. The van der Waals surface area contributed by atoms with Gasteiger partial charge in [-0.3, -0.25) is 0 Å². The summed E-state index contributed by atoms with van der Waals surface area (Å²) >= 11 is 0. The molecule has 2 unspecified atom stereocenters. The lowest BCUT2D eigenvalue weighted by atomic mass is 9.69. The Kier molecular flexibility index (Phi) is 22.8. The normalized spacial score (nSPS) is 14.0. The number of benzene rings is 4. The molecule has 7 heteroatoms. The van der Waals surface area contributed by atoms with Crippen molar-refractivity contribution < 1.29 is 22.4 Å². The summed E-state index contributed by atoms with van der Waals surface area (Å²) in [4.78, 5) is 0. The quantitative estimate of drug-likeness (QED) is 0.0634. The monoisotopic (exact) mass is 1160 g/mol. The summed E-state index contributed by atoms with van der Waals surface area (Å²) in [5.74, 6) is 3.20. The highest BCUT2D eigenvalue weighted by Gasteiger charge is 2.43. The summed E-state index contributed by atoms with van der Waals surface area (Å²) in [6.07, 6.45) is 12.9. The fraction of sp³-hybridized carbons (Fsp3) is 0.553. The highest BCUT2D eigenvalue weighted by molar-refractivity contribution is 6.74. The first-order valence-electron chi connectivity index (χ1n) is 31.6. The first kappa shape index (κ1) is 69.1. The summed E-state index contributed by atoms with van der Waals surface area (Å²) in [6, 6.07) is 36.3. The van der Waals surface area contributed by atoms with Gasteiger partial charge in [0.25, 0.3) is 5.95 Å². The molecule has 2 aromatic heterocycles. The van der Waals surface area contributed by atoms with Gasteiger partial charge >= 0.3 is 0 Å². The predicted octanol–water partition coefficient (Wildman–Crippen LogP) is 23.1. The van der Waals surface area contributed by atoms with Crippen LogP contribution in [0.4, 0.5) is 0 Å². The molecule has 0 saturated heterocycles. The Morgan fingerprint density at radius 2 is 0.807 bits per heavy atom. The van der Waals surface area contributed by atoms with E-state index in [4.69, 9.17) is 22.4 Å². The highest BCUT2D eigenvalue weighted by atomic mass is 28.4. The Labute approximate surface area is 509 Å². The maximum absolute atomic E-state index is 6.99. The van der Waals surface area contributed by atoms with Crippen molar-refractivity contribution in [3.8, 4) is 28.6 Å². The summed E-state index contributed by atoms with van der Waals surface area (Å²) in [5.41, 5.74) is 16.1. The van der Waals surface area contributed by atoms with Gasteiger partial charge in [-0.1, -0.05) is 190 Å². The van der Waals surface area contributed by atoms with E-state index in [-0.39, 0.29) is 43.9 Å². The van der Waals surface area contributed by atoms with E-state index in [1.54, 1.807) is 7.11 Å². The molecule has 0 saturated carbocycles. The summed E-state index contributed by atoms with van der Waals surface area (Å²) in [6.45, 7) is 57.8. The van der Waals surface area contributed by atoms with Crippen LogP contribution in [0.25, 0.3) is 28.7 Å². The molecular weight excluding hydrogens is 1050 g/mol. The van der Waals surface area contributed by atoms with Crippen molar-refractivity contribution >= 4 is 22.7 Å². The number of ether oxygens (including phenoxy) is 1. The molecule has 0 spiro atoms. The van der Waals surface area contributed by atoms with Crippen LogP contribution in [0.5, 0.6) is 5.95 Å². The number of furan rings is 2. The molecule has 0 bridgehead atoms. The highest BCUT2D eigenvalue weighted by Crippen LogP contribution is 2.46. The molecule has 83 heavy (non-hydrogen) atoms. The van der Waals surface area contributed by atoms with Gasteiger partial charge in [0.2, 0.25) is 0 Å². The Balaban J connectivity index is 0.000000304. The van der Waals surface area contributed by atoms with Gasteiger partial charge in [-0.05, 0) is 213 Å². The average molecular weight is 1160 g/mol. The van der Waals surface area contributed by atoms with Crippen molar-refractivity contribution in [1.29, 1.82) is 0 Å². The minimum atomic E-state index is -1.85. The lowest BCUT2D eigenvalue weighted by Gasteiger charge is -2.43. The molecule has 0 aliphatic heterocycles. The molecule has 2 atom stereocenters. The van der Waals surface area contributed by atoms with E-state index in [1.165, 1.54) is 55.6 Å². The molecule has 0 aliphatic carbocycles. The van der Waals surface area contributed by atoms with Crippen LogP contribution in [0.15, 0.2) is 112 Å². The number of allylic oxidation sites excluding steroid dienone is 1. The Morgan fingerprint density at radius 3 is 1.11 bits per heavy atom. The third kappa shape index (κ3) is 16.3. The molecule has 4 aromatic carbocycles. The lowest BCUT2D eigenvalue weighted by Crippen LogP contribution is -2.47. The molecular formula is C76H114O5Si2. The third-order valence-corrected chi connectivity index (χ3v) is 28.8. The average Bonchev–Trinajstić information content (AvgIpc) is 3.51.